The molecule has 0 bridgehead atoms. The van der Waals surface area contributed by atoms with Crippen LogP contribution in [0, 0.1) is 5.92 Å². The van der Waals surface area contributed by atoms with E-state index < -0.39 is 0 Å². The van der Waals surface area contributed by atoms with Crippen molar-refractivity contribution >= 4 is 5.78 Å². The summed E-state index contributed by atoms with van der Waals surface area (Å²) in [5, 5.41) is 3.56. The van der Waals surface area contributed by atoms with Gasteiger partial charge in [0.05, 0.1) is 0 Å². The van der Waals surface area contributed by atoms with Crippen LogP contribution < -0.4 is 11.1 Å². The van der Waals surface area contributed by atoms with E-state index in [1.54, 1.807) is 0 Å². The number of carbonyl (C=O) groups is 1. The molecule has 0 spiro atoms. The predicted octanol–water partition coefficient (Wildman–Crippen LogP) is 1.83. The normalized spacial score (nSPS) is 34.9. The summed E-state index contributed by atoms with van der Waals surface area (Å²) in [4.78, 5) is 12.3. The van der Waals surface area contributed by atoms with E-state index in [9.17, 15) is 4.79 Å². The molecule has 1 aromatic rings. The molecule has 1 heterocycles. The zero-order valence-corrected chi connectivity index (χ0v) is 11.2. The first kappa shape index (κ1) is 12.8. The standard InChI is InChI=1S/C16H22N2O/c17-10-13-9-16(19)14-8-12(6-7-15(14)18-13)11-4-2-1-3-5-11/h1-5,12-15,18H,6-10,17H2. The number of ketones is 1. The highest BCUT2D eigenvalue weighted by atomic mass is 16.1. The molecule has 19 heavy (non-hydrogen) atoms. The van der Waals surface area contributed by atoms with Gasteiger partial charge in [0.25, 0.3) is 0 Å². The van der Waals surface area contributed by atoms with Crippen molar-refractivity contribution in [3.63, 3.8) is 0 Å². The van der Waals surface area contributed by atoms with Crippen molar-refractivity contribution in [1.29, 1.82) is 0 Å². The molecule has 0 radical (unpaired) electrons. The summed E-state index contributed by atoms with van der Waals surface area (Å²) in [7, 11) is 0. The number of hydrogen-bond acceptors (Lipinski definition) is 3. The molecule has 0 aromatic heterocycles. The first-order chi connectivity index (χ1) is 9.28. The molecule has 1 saturated heterocycles. The van der Waals surface area contributed by atoms with Crippen LogP contribution in [0.1, 0.15) is 37.2 Å². The Hall–Kier alpha value is -1.19. The highest BCUT2D eigenvalue weighted by molar-refractivity contribution is 5.83. The lowest BCUT2D eigenvalue weighted by molar-refractivity contribution is -0.127. The summed E-state index contributed by atoms with van der Waals surface area (Å²) < 4.78 is 0. The van der Waals surface area contributed by atoms with Gasteiger partial charge in [0.2, 0.25) is 0 Å². The molecule has 2 aliphatic rings. The van der Waals surface area contributed by atoms with Crippen molar-refractivity contribution < 1.29 is 4.79 Å². The quantitative estimate of drug-likeness (QED) is 0.851. The summed E-state index contributed by atoms with van der Waals surface area (Å²) in [5.74, 6) is 1.16. The highest BCUT2D eigenvalue weighted by Gasteiger charge is 2.40. The van der Waals surface area contributed by atoms with Gasteiger partial charge in [0.15, 0.2) is 0 Å². The SMILES string of the molecule is NCC1CC(=O)C2CC(c3ccccc3)CCC2N1. The maximum absolute atomic E-state index is 12.3. The van der Waals surface area contributed by atoms with Gasteiger partial charge in [-0.15, -0.1) is 0 Å². The van der Waals surface area contributed by atoms with Crippen LogP contribution in [-0.4, -0.2) is 24.4 Å². The lowest BCUT2D eigenvalue weighted by Gasteiger charge is -2.42. The number of rotatable bonds is 2. The van der Waals surface area contributed by atoms with E-state index in [4.69, 9.17) is 5.73 Å². The fraction of sp³-hybridized carbons (Fsp3) is 0.562. The van der Waals surface area contributed by atoms with Crippen LogP contribution in [-0.2, 0) is 4.79 Å². The van der Waals surface area contributed by atoms with Crippen LogP contribution in [0.25, 0.3) is 0 Å². The van der Waals surface area contributed by atoms with Crippen LogP contribution in [0.3, 0.4) is 0 Å². The van der Waals surface area contributed by atoms with Crippen LogP contribution in [0.5, 0.6) is 0 Å². The molecule has 1 aliphatic heterocycles. The zero-order valence-electron chi connectivity index (χ0n) is 11.2. The Bertz CT molecular complexity index is 445. The molecule has 3 nitrogen and oxygen atoms in total. The number of piperidine rings is 1. The van der Waals surface area contributed by atoms with Crippen LogP contribution in [0.15, 0.2) is 30.3 Å². The second-order valence-corrected chi connectivity index (χ2v) is 5.90. The zero-order chi connectivity index (χ0) is 13.2. The van der Waals surface area contributed by atoms with E-state index in [2.05, 4.69) is 29.6 Å². The number of Topliss-reactive ketones (excluding diaryl/α,β-unsaturated/α-hetero) is 1. The number of nitrogens with one attached hydrogen (secondary N) is 1. The van der Waals surface area contributed by atoms with Crippen molar-refractivity contribution in [1.82, 2.24) is 5.32 Å². The van der Waals surface area contributed by atoms with E-state index in [0.717, 1.165) is 12.8 Å². The molecule has 1 aliphatic carbocycles. The summed E-state index contributed by atoms with van der Waals surface area (Å²) in [6.45, 7) is 0.567. The topological polar surface area (TPSA) is 55.1 Å². The van der Waals surface area contributed by atoms with Crippen LogP contribution >= 0.6 is 0 Å². The van der Waals surface area contributed by atoms with Crippen molar-refractivity contribution in [3.8, 4) is 0 Å². The smallest absolute Gasteiger partial charge is 0.139 e. The Labute approximate surface area is 114 Å². The van der Waals surface area contributed by atoms with Crippen molar-refractivity contribution in [2.45, 2.75) is 43.7 Å². The third-order valence-corrected chi connectivity index (χ3v) is 4.72. The minimum Gasteiger partial charge on any atom is -0.329 e. The fourth-order valence-corrected chi connectivity index (χ4v) is 3.66. The summed E-state index contributed by atoms with van der Waals surface area (Å²) in [5.41, 5.74) is 7.07. The molecular formula is C16H22N2O. The Morgan fingerprint density at radius 1 is 1.21 bits per heavy atom. The van der Waals surface area contributed by atoms with E-state index in [0.29, 0.717) is 30.7 Å². The van der Waals surface area contributed by atoms with Crippen molar-refractivity contribution in [2.75, 3.05) is 6.54 Å². The molecule has 3 rings (SSSR count). The van der Waals surface area contributed by atoms with Gasteiger partial charge in [0, 0.05) is 31.0 Å². The largest absolute Gasteiger partial charge is 0.329 e. The minimum atomic E-state index is 0.196. The lowest BCUT2D eigenvalue weighted by atomic mass is 9.70. The van der Waals surface area contributed by atoms with Gasteiger partial charge >= 0.3 is 0 Å². The van der Waals surface area contributed by atoms with Gasteiger partial charge in [-0.3, -0.25) is 4.79 Å². The first-order valence-corrected chi connectivity index (χ1v) is 7.31. The molecule has 1 aromatic carbocycles. The molecular weight excluding hydrogens is 236 g/mol. The van der Waals surface area contributed by atoms with Gasteiger partial charge in [-0.05, 0) is 30.7 Å². The van der Waals surface area contributed by atoms with E-state index in [1.165, 1.54) is 12.0 Å². The number of benzene rings is 1. The Morgan fingerprint density at radius 2 is 2.00 bits per heavy atom. The molecule has 0 amide bonds. The van der Waals surface area contributed by atoms with Gasteiger partial charge < -0.3 is 11.1 Å². The molecule has 1 saturated carbocycles. The van der Waals surface area contributed by atoms with E-state index >= 15 is 0 Å². The number of carbonyl (C=O) groups excluding carboxylic acids is 1. The van der Waals surface area contributed by atoms with Gasteiger partial charge in [0.1, 0.15) is 5.78 Å². The van der Waals surface area contributed by atoms with Crippen molar-refractivity contribution in [3.05, 3.63) is 35.9 Å². The predicted molar refractivity (Wildman–Crippen MR) is 75.9 cm³/mol. The molecule has 102 valence electrons. The maximum Gasteiger partial charge on any atom is 0.139 e. The summed E-state index contributed by atoms with van der Waals surface area (Å²) in [6.07, 6.45) is 3.87. The average Bonchev–Trinajstić information content (AvgIpc) is 2.47. The van der Waals surface area contributed by atoms with Crippen molar-refractivity contribution in [2.24, 2.45) is 11.7 Å². The third kappa shape index (κ3) is 2.58. The van der Waals surface area contributed by atoms with Gasteiger partial charge in [-0.2, -0.15) is 0 Å². The Balaban J connectivity index is 1.72. The van der Waals surface area contributed by atoms with Crippen LogP contribution in [0.2, 0.25) is 0 Å². The van der Waals surface area contributed by atoms with Gasteiger partial charge in [-0.1, -0.05) is 30.3 Å². The monoisotopic (exact) mass is 258 g/mol. The molecule has 4 unspecified atom stereocenters. The molecule has 2 fully saturated rings. The van der Waals surface area contributed by atoms with Crippen LogP contribution in [0.4, 0.5) is 0 Å². The lowest BCUT2D eigenvalue weighted by Crippen LogP contribution is -2.56. The molecule has 3 heteroatoms. The van der Waals surface area contributed by atoms with Gasteiger partial charge in [-0.25, -0.2) is 0 Å². The molecule has 3 N–H and O–H groups in total. The number of hydrogen-bond donors (Lipinski definition) is 2. The highest BCUT2D eigenvalue weighted by Crippen LogP contribution is 2.38. The Kier molecular flexibility index (Phi) is 3.67. The first-order valence-electron chi connectivity index (χ1n) is 7.31. The minimum absolute atomic E-state index is 0.196. The van der Waals surface area contributed by atoms with E-state index in [1.807, 2.05) is 6.07 Å². The second kappa shape index (κ2) is 5.43. The van der Waals surface area contributed by atoms with E-state index in [-0.39, 0.29) is 12.0 Å². The Morgan fingerprint density at radius 3 is 2.74 bits per heavy atom. The maximum atomic E-state index is 12.3. The number of fused-ring (bicyclic) bond motifs is 1. The second-order valence-electron chi connectivity index (χ2n) is 5.90. The third-order valence-electron chi connectivity index (χ3n) is 4.72. The average molecular weight is 258 g/mol. The number of nitrogens with two attached hydrogens (primary N) is 1. The molecule has 4 atom stereocenters. The summed E-state index contributed by atoms with van der Waals surface area (Å²) in [6, 6.07) is 11.2. The fourth-order valence-electron chi connectivity index (χ4n) is 3.66. The summed E-state index contributed by atoms with van der Waals surface area (Å²) >= 11 is 0.